The molecule has 4 rings (SSSR count). The number of hydrazine groups is 1. The van der Waals surface area contributed by atoms with Crippen molar-refractivity contribution in [2.24, 2.45) is 0 Å². The van der Waals surface area contributed by atoms with E-state index in [1.807, 2.05) is 42.5 Å². The molecular formula is C25H19ClN2O4S2. The van der Waals surface area contributed by atoms with Crippen LogP contribution in [0.1, 0.15) is 21.5 Å². The highest BCUT2D eigenvalue weighted by Crippen LogP contribution is 2.33. The molecule has 1 saturated heterocycles. The normalized spacial score (nSPS) is 14.4. The highest BCUT2D eigenvalue weighted by Gasteiger charge is 2.34. The van der Waals surface area contributed by atoms with Crippen LogP contribution in [0, 0.1) is 0 Å². The second-order valence-corrected chi connectivity index (χ2v) is 9.19. The summed E-state index contributed by atoms with van der Waals surface area (Å²) in [6.07, 6.45) is 1.70. The van der Waals surface area contributed by atoms with Gasteiger partial charge in [-0.1, -0.05) is 59.8 Å². The molecule has 2 amide bonds. The first kappa shape index (κ1) is 23.8. The summed E-state index contributed by atoms with van der Waals surface area (Å²) in [6, 6.07) is 21.3. The first-order valence-corrected chi connectivity index (χ1v) is 11.7. The van der Waals surface area contributed by atoms with Gasteiger partial charge in [0.15, 0.2) is 4.32 Å². The number of nitrogens with zero attached hydrogens (tertiary/aromatic N) is 1. The number of para-hydroxylation sites is 1. The van der Waals surface area contributed by atoms with Crippen LogP contribution in [0.25, 0.3) is 6.08 Å². The number of carbonyl (C=O) groups excluding carboxylic acids is 2. The molecule has 0 aliphatic carbocycles. The second-order valence-electron chi connectivity index (χ2n) is 7.10. The average Bonchev–Trinajstić information content (AvgIpc) is 3.11. The number of benzene rings is 3. The van der Waals surface area contributed by atoms with E-state index in [1.165, 1.54) is 0 Å². The smallest absolute Gasteiger partial charge is 0.285 e. The van der Waals surface area contributed by atoms with Crippen LogP contribution in [-0.2, 0) is 11.4 Å². The molecule has 34 heavy (non-hydrogen) atoms. The van der Waals surface area contributed by atoms with Crippen LogP contribution in [0.3, 0.4) is 0 Å². The van der Waals surface area contributed by atoms with Crippen molar-refractivity contribution < 1.29 is 19.1 Å². The monoisotopic (exact) mass is 510 g/mol. The van der Waals surface area contributed by atoms with Crippen molar-refractivity contribution in [2.45, 2.75) is 6.61 Å². The fraction of sp³-hybridized carbons (Fsp3) is 0.0800. The van der Waals surface area contributed by atoms with E-state index in [0.29, 0.717) is 32.6 Å². The van der Waals surface area contributed by atoms with Crippen LogP contribution in [-0.4, -0.2) is 28.3 Å². The fourth-order valence-electron chi connectivity index (χ4n) is 3.12. The SMILES string of the molecule is COc1ccc(C(=O)NN2C(=O)/C(=C\c3ccccc3OCc3ccccc3Cl)SC2=S)cc1. The van der Waals surface area contributed by atoms with E-state index in [9.17, 15) is 9.59 Å². The first-order valence-electron chi connectivity index (χ1n) is 10.1. The summed E-state index contributed by atoms with van der Waals surface area (Å²) in [5.74, 6) is 0.344. The van der Waals surface area contributed by atoms with E-state index in [2.05, 4.69) is 5.43 Å². The largest absolute Gasteiger partial charge is 0.497 e. The van der Waals surface area contributed by atoms with Crippen molar-refractivity contribution in [1.82, 2.24) is 10.4 Å². The van der Waals surface area contributed by atoms with Crippen LogP contribution in [0.5, 0.6) is 11.5 Å². The Kier molecular flexibility index (Phi) is 7.52. The number of rotatable bonds is 7. The van der Waals surface area contributed by atoms with E-state index >= 15 is 0 Å². The van der Waals surface area contributed by atoms with Gasteiger partial charge in [-0.25, -0.2) is 0 Å². The van der Waals surface area contributed by atoms with Gasteiger partial charge in [-0.15, -0.1) is 0 Å². The molecule has 0 atom stereocenters. The number of halogens is 1. The van der Waals surface area contributed by atoms with Gasteiger partial charge in [-0.2, -0.15) is 5.01 Å². The van der Waals surface area contributed by atoms with E-state index in [1.54, 1.807) is 43.5 Å². The Balaban J connectivity index is 1.48. The molecule has 0 bridgehead atoms. The lowest BCUT2D eigenvalue weighted by molar-refractivity contribution is -0.123. The van der Waals surface area contributed by atoms with E-state index < -0.39 is 11.8 Å². The van der Waals surface area contributed by atoms with Crippen LogP contribution in [0.4, 0.5) is 0 Å². The molecule has 0 unspecified atom stereocenters. The van der Waals surface area contributed by atoms with E-state index in [-0.39, 0.29) is 10.9 Å². The number of hydrogen-bond acceptors (Lipinski definition) is 6. The van der Waals surface area contributed by atoms with Gasteiger partial charge in [-0.05, 0) is 54.7 Å². The Hall–Kier alpha value is -3.33. The minimum Gasteiger partial charge on any atom is -0.497 e. The average molecular weight is 511 g/mol. The van der Waals surface area contributed by atoms with Crippen molar-refractivity contribution in [3.63, 3.8) is 0 Å². The molecule has 3 aromatic carbocycles. The second kappa shape index (κ2) is 10.7. The van der Waals surface area contributed by atoms with Gasteiger partial charge in [0.05, 0.1) is 12.0 Å². The Labute approximate surface area is 211 Å². The summed E-state index contributed by atoms with van der Waals surface area (Å²) in [4.78, 5) is 25.9. The third kappa shape index (κ3) is 5.41. The Morgan fingerprint density at radius 3 is 2.53 bits per heavy atom. The number of thiocarbonyl (C=S) groups is 1. The number of hydrogen-bond donors (Lipinski definition) is 1. The van der Waals surface area contributed by atoms with Gasteiger partial charge in [-0.3, -0.25) is 15.0 Å². The number of nitrogens with one attached hydrogen (secondary N) is 1. The molecule has 1 N–H and O–H groups in total. The predicted octanol–water partition coefficient (Wildman–Crippen LogP) is 5.47. The van der Waals surface area contributed by atoms with Crippen molar-refractivity contribution in [3.05, 3.63) is 99.4 Å². The maximum atomic E-state index is 13.0. The lowest BCUT2D eigenvalue weighted by Crippen LogP contribution is -2.44. The van der Waals surface area contributed by atoms with Gasteiger partial charge in [0.25, 0.3) is 11.8 Å². The first-order chi connectivity index (χ1) is 16.5. The summed E-state index contributed by atoms with van der Waals surface area (Å²) < 4.78 is 11.3. The molecule has 1 fully saturated rings. The molecule has 6 nitrogen and oxygen atoms in total. The van der Waals surface area contributed by atoms with Gasteiger partial charge < -0.3 is 9.47 Å². The zero-order chi connectivity index (χ0) is 24.1. The molecule has 1 aliphatic heterocycles. The van der Waals surface area contributed by atoms with Crippen molar-refractivity contribution in [3.8, 4) is 11.5 Å². The van der Waals surface area contributed by atoms with Crippen molar-refractivity contribution in [2.75, 3.05) is 7.11 Å². The van der Waals surface area contributed by atoms with Crippen LogP contribution in [0.2, 0.25) is 5.02 Å². The highest BCUT2D eigenvalue weighted by molar-refractivity contribution is 8.26. The van der Waals surface area contributed by atoms with Crippen molar-refractivity contribution in [1.29, 1.82) is 0 Å². The molecule has 0 spiro atoms. The molecule has 0 saturated carbocycles. The lowest BCUT2D eigenvalue weighted by atomic mass is 10.1. The Bertz CT molecular complexity index is 1280. The van der Waals surface area contributed by atoms with Crippen LogP contribution >= 0.6 is 35.6 Å². The summed E-state index contributed by atoms with van der Waals surface area (Å²) in [5.41, 5.74) is 4.50. The Morgan fingerprint density at radius 2 is 1.79 bits per heavy atom. The van der Waals surface area contributed by atoms with Gasteiger partial charge in [0.1, 0.15) is 18.1 Å². The maximum Gasteiger partial charge on any atom is 0.285 e. The third-order valence-corrected chi connectivity index (χ3v) is 6.58. The molecule has 1 heterocycles. The highest BCUT2D eigenvalue weighted by atomic mass is 35.5. The van der Waals surface area contributed by atoms with Gasteiger partial charge in [0, 0.05) is 21.7 Å². The summed E-state index contributed by atoms with van der Waals surface area (Å²) in [5, 5.41) is 1.69. The zero-order valence-corrected chi connectivity index (χ0v) is 20.4. The number of amides is 2. The minimum atomic E-state index is -0.455. The molecule has 0 radical (unpaired) electrons. The third-order valence-electron chi connectivity index (χ3n) is 4.91. The molecule has 1 aliphatic rings. The number of carbonyl (C=O) groups is 2. The maximum absolute atomic E-state index is 13.0. The number of thioether (sulfide) groups is 1. The number of methoxy groups -OCH3 is 1. The van der Waals surface area contributed by atoms with Gasteiger partial charge in [0.2, 0.25) is 0 Å². The zero-order valence-electron chi connectivity index (χ0n) is 18.0. The van der Waals surface area contributed by atoms with Crippen LogP contribution < -0.4 is 14.9 Å². The van der Waals surface area contributed by atoms with E-state index in [0.717, 1.165) is 22.3 Å². The summed E-state index contributed by atoms with van der Waals surface area (Å²) in [6.45, 7) is 0.281. The topological polar surface area (TPSA) is 67.9 Å². The predicted molar refractivity (Wildman–Crippen MR) is 138 cm³/mol. The molecular weight excluding hydrogens is 492 g/mol. The quantitative estimate of drug-likeness (QED) is 0.335. The lowest BCUT2D eigenvalue weighted by Gasteiger charge is -2.15. The molecule has 172 valence electrons. The van der Waals surface area contributed by atoms with Gasteiger partial charge >= 0.3 is 0 Å². The molecule has 3 aromatic rings. The summed E-state index contributed by atoms with van der Waals surface area (Å²) >= 11 is 12.7. The Morgan fingerprint density at radius 1 is 1.09 bits per heavy atom. The molecule has 9 heteroatoms. The van der Waals surface area contributed by atoms with Crippen molar-refractivity contribution >= 4 is 57.8 Å². The fourth-order valence-corrected chi connectivity index (χ4v) is 4.48. The molecule has 0 aromatic heterocycles. The van der Waals surface area contributed by atoms with E-state index in [4.69, 9.17) is 33.3 Å². The number of ether oxygens (including phenoxy) is 2. The minimum absolute atomic E-state index is 0.229. The van der Waals surface area contributed by atoms with Crippen LogP contribution in [0.15, 0.2) is 77.7 Å². The summed E-state index contributed by atoms with van der Waals surface area (Å²) in [7, 11) is 1.54. The standard InChI is InChI=1S/C25H19ClN2O4S2/c1-31-19-12-10-16(11-13-19)23(29)27-28-24(30)22(34-25(28)33)14-17-6-3-5-9-21(17)32-15-18-7-2-4-8-20(18)26/h2-14H,15H2,1H3,(H,27,29)/b22-14+.